The Balaban J connectivity index is 1.58. The molecular formula is C23H23F3N2O3. The van der Waals surface area contributed by atoms with Crippen LogP contribution in [0.5, 0.6) is 5.75 Å². The quantitative estimate of drug-likeness (QED) is 0.522. The number of carbonyl (C=O) groups excluding carboxylic acids is 1. The number of hydrogen-bond acceptors (Lipinski definition) is 4. The van der Waals surface area contributed by atoms with Crippen LogP contribution in [0.4, 0.5) is 13.2 Å². The first-order valence-corrected chi connectivity index (χ1v) is 9.67. The smallest absolute Gasteiger partial charge is 0.416 e. The molecule has 0 bridgehead atoms. The van der Waals surface area contributed by atoms with Gasteiger partial charge in [0, 0.05) is 13.6 Å². The molecule has 164 valence electrons. The van der Waals surface area contributed by atoms with Crippen LogP contribution in [0.3, 0.4) is 0 Å². The van der Waals surface area contributed by atoms with Crippen molar-refractivity contribution < 1.29 is 27.2 Å². The Kier molecular flexibility index (Phi) is 6.68. The SMILES string of the molecule is Cc1noc(C)c1COc1ccc(CC(=O)N(C)Cc2ccccc2C(F)(F)F)cc1. The summed E-state index contributed by atoms with van der Waals surface area (Å²) in [6, 6.07) is 12.3. The Hall–Kier alpha value is -3.29. The average Bonchev–Trinajstić information content (AvgIpc) is 3.04. The third-order valence-corrected chi connectivity index (χ3v) is 5.00. The molecule has 3 aromatic rings. The summed E-state index contributed by atoms with van der Waals surface area (Å²) in [5.74, 6) is 1.06. The molecule has 31 heavy (non-hydrogen) atoms. The highest BCUT2D eigenvalue weighted by molar-refractivity contribution is 5.78. The number of nitrogens with zero attached hydrogens (tertiary/aromatic N) is 2. The van der Waals surface area contributed by atoms with E-state index in [2.05, 4.69) is 5.16 Å². The maximum Gasteiger partial charge on any atom is 0.416 e. The first kappa shape index (κ1) is 22.4. The highest BCUT2D eigenvalue weighted by Crippen LogP contribution is 2.32. The first-order chi connectivity index (χ1) is 14.6. The van der Waals surface area contributed by atoms with E-state index in [1.807, 2.05) is 13.8 Å². The van der Waals surface area contributed by atoms with Gasteiger partial charge in [-0.3, -0.25) is 4.79 Å². The van der Waals surface area contributed by atoms with E-state index >= 15 is 0 Å². The summed E-state index contributed by atoms with van der Waals surface area (Å²) in [6.07, 6.45) is -4.38. The van der Waals surface area contributed by atoms with Crippen molar-refractivity contribution in [2.24, 2.45) is 0 Å². The second kappa shape index (κ2) is 9.24. The second-order valence-corrected chi connectivity index (χ2v) is 7.32. The molecule has 0 saturated carbocycles. The fourth-order valence-corrected chi connectivity index (χ4v) is 3.15. The summed E-state index contributed by atoms with van der Waals surface area (Å²) >= 11 is 0. The third-order valence-electron chi connectivity index (χ3n) is 5.00. The number of rotatable bonds is 7. The molecular weight excluding hydrogens is 409 g/mol. The van der Waals surface area contributed by atoms with E-state index in [-0.39, 0.29) is 24.4 Å². The fraction of sp³-hybridized carbons (Fsp3) is 0.304. The minimum Gasteiger partial charge on any atom is -0.489 e. The van der Waals surface area contributed by atoms with Crippen LogP contribution < -0.4 is 4.74 Å². The summed E-state index contributed by atoms with van der Waals surface area (Å²) in [5.41, 5.74) is 1.74. The van der Waals surface area contributed by atoms with Crippen molar-refractivity contribution in [2.45, 2.75) is 39.6 Å². The topological polar surface area (TPSA) is 55.6 Å². The predicted molar refractivity (Wildman–Crippen MR) is 108 cm³/mol. The molecule has 8 heteroatoms. The van der Waals surface area contributed by atoms with Crippen molar-refractivity contribution in [1.82, 2.24) is 10.1 Å². The van der Waals surface area contributed by atoms with Gasteiger partial charge in [0.15, 0.2) is 0 Å². The van der Waals surface area contributed by atoms with Gasteiger partial charge in [-0.1, -0.05) is 35.5 Å². The van der Waals surface area contributed by atoms with E-state index in [0.717, 1.165) is 22.9 Å². The molecule has 0 aliphatic rings. The van der Waals surface area contributed by atoms with Crippen LogP contribution in [0.15, 0.2) is 53.1 Å². The van der Waals surface area contributed by atoms with Crippen LogP contribution in [0, 0.1) is 13.8 Å². The molecule has 0 atom stereocenters. The highest BCUT2D eigenvalue weighted by Gasteiger charge is 2.33. The predicted octanol–water partition coefficient (Wildman–Crippen LogP) is 5.09. The minimum atomic E-state index is -4.46. The summed E-state index contributed by atoms with van der Waals surface area (Å²) in [5, 5.41) is 3.88. The summed E-state index contributed by atoms with van der Waals surface area (Å²) in [7, 11) is 1.50. The molecule has 0 aliphatic carbocycles. The number of likely N-dealkylation sites (N-methyl/N-ethyl adjacent to an activating group) is 1. The number of ether oxygens (including phenoxy) is 1. The van der Waals surface area contributed by atoms with Gasteiger partial charge in [0.05, 0.1) is 23.2 Å². The largest absolute Gasteiger partial charge is 0.489 e. The average molecular weight is 432 g/mol. The van der Waals surface area contributed by atoms with Crippen LogP contribution in [-0.4, -0.2) is 23.0 Å². The van der Waals surface area contributed by atoms with Crippen molar-refractivity contribution in [1.29, 1.82) is 0 Å². The fourth-order valence-electron chi connectivity index (χ4n) is 3.15. The van der Waals surface area contributed by atoms with Crippen molar-refractivity contribution in [3.05, 3.63) is 82.2 Å². The van der Waals surface area contributed by atoms with Gasteiger partial charge in [-0.05, 0) is 43.2 Å². The van der Waals surface area contributed by atoms with Gasteiger partial charge < -0.3 is 14.2 Å². The molecule has 1 amide bonds. The van der Waals surface area contributed by atoms with Crippen molar-refractivity contribution >= 4 is 5.91 Å². The summed E-state index contributed by atoms with van der Waals surface area (Å²) in [6.45, 7) is 3.86. The Morgan fingerprint density at radius 3 is 2.39 bits per heavy atom. The molecule has 0 unspecified atom stereocenters. The van der Waals surface area contributed by atoms with Gasteiger partial charge in [-0.15, -0.1) is 0 Å². The Labute approximate surface area is 178 Å². The van der Waals surface area contributed by atoms with E-state index in [0.29, 0.717) is 18.1 Å². The lowest BCUT2D eigenvalue weighted by atomic mass is 10.1. The van der Waals surface area contributed by atoms with Crippen molar-refractivity contribution in [2.75, 3.05) is 7.05 Å². The number of aryl methyl sites for hydroxylation is 2. The number of carbonyl (C=O) groups is 1. The minimum absolute atomic E-state index is 0.0638. The lowest BCUT2D eigenvalue weighted by Gasteiger charge is -2.20. The summed E-state index contributed by atoms with van der Waals surface area (Å²) < 4.78 is 50.3. The molecule has 0 saturated heterocycles. The third kappa shape index (κ3) is 5.65. The zero-order valence-corrected chi connectivity index (χ0v) is 17.5. The van der Waals surface area contributed by atoms with E-state index < -0.39 is 11.7 Å². The molecule has 1 aromatic heterocycles. The summed E-state index contributed by atoms with van der Waals surface area (Å²) in [4.78, 5) is 13.8. The number of halogens is 3. The van der Waals surface area contributed by atoms with Gasteiger partial charge in [0.25, 0.3) is 0 Å². The standard InChI is InChI=1S/C23H23F3N2O3/c1-15-20(16(2)31-27-15)14-30-19-10-8-17(9-11-19)12-22(29)28(3)13-18-6-4-5-7-21(18)23(24,25)26/h4-11H,12-14H2,1-3H3. The van der Waals surface area contributed by atoms with Crippen LogP contribution in [0.1, 0.15) is 33.7 Å². The van der Waals surface area contributed by atoms with Crippen molar-refractivity contribution in [3.8, 4) is 5.75 Å². The van der Waals surface area contributed by atoms with Crippen LogP contribution in [0.2, 0.25) is 0 Å². The highest BCUT2D eigenvalue weighted by atomic mass is 19.4. The number of hydrogen-bond donors (Lipinski definition) is 0. The maximum absolute atomic E-state index is 13.2. The lowest BCUT2D eigenvalue weighted by Crippen LogP contribution is -2.28. The second-order valence-electron chi connectivity index (χ2n) is 7.32. The van der Waals surface area contributed by atoms with Gasteiger partial charge >= 0.3 is 6.18 Å². The van der Waals surface area contributed by atoms with E-state index in [9.17, 15) is 18.0 Å². The zero-order chi connectivity index (χ0) is 22.6. The molecule has 2 aromatic carbocycles. The van der Waals surface area contributed by atoms with E-state index in [1.165, 1.54) is 30.1 Å². The van der Waals surface area contributed by atoms with Gasteiger partial charge in [0.1, 0.15) is 18.1 Å². The monoisotopic (exact) mass is 432 g/mol. The van der Waals surface area contributed by atoms with Gasteiger partial charge in [-0.25, -0.2) is 0 Å². The number of alkyl halides is 3. The molecule has 0 aliphatic heterocycles. The van der Waals surface area contributed by atoms with Gasteiger partial charge in [0.2, 0.25) is 5.91 Å². The maximum atomic E-state index is 13.2. The lowest BCUT2D eigenvalue weighted by molar-refractivity contribution is -0.139. The Bertz CT molecular complexity index is 1020. The van der Waals surface area contributed by atoms with Gasteiger partial charge in [-0.2, -0.15) is 13.2 Å². The molecule has 5 nitrogen and oxygen atoms in total. The Morgan fingerprint density at radius 1 is 1.10 bits per heavy atom. The molecule has 0 fully saturated rings. The normalized spacial score (nSPS) is 11.4. The molecule has 0 N–H and O–H groups in total. The molecule has 0 radical (unpaired) electrons. The zero-order valence-electron chi connectivity index (χ0n) is 17.5. The Morgan fingerprint density at radius 2 is 1.77 bits per heavy atom. The van der Waals surface area contributed by atoms with Crippen molar-refractivity contribution in [3.63, 3.8) is 0 Å². The number of aromatic nitrogens is 1. The number of benzene rings is 2. The van der Waals surface area contributed by atoms with Crippen LogP contribution in [-0.2, 0) is 30.5 Å². The molecule has 0 spiro atoms. The van der Waals surface area contributed by atoms with Crippen LogP contribution >= 0.6 is 0 Å². The van der Waals surface area contributed by atoms with E-state index in [4.69, 9.17) is 9.26 Å². The molecule has 1 heterocycles. The van der Waals surface area contributed by atoms with E-state index in [1.54, 1.807) is 24.3 Å². The first-order valence-electron chi connectivity index (χ1n) is 9.67. The number of amides is 1. The van der Waals surface area contributed by atoms with Crippen LogP contribution in [0.25, 0.3) is 0 Å². The molecule has 3 rings (SSSR count).